The van der Waals surface area contributed by atoms with Crippen LogP contribution in [0.2, 0.25) is 0 Å². The summed E-state index contributed by atoms with van der Waals surface area (Å²) in [6.07, 6.45) is -12.5. The first-order valence-corrected chi connectivity index (χ1v) is 12.9. The summed E-state index contributed by atoms with van der Waals surface area (Å²) >= 11 is 0. The molecule has 1 aliphatic rings. The summed E-state index contributed by atoms with van der Waals surface area (Å²) in [5.41, 5.74) is 2.42. The van der Waals surface area contributed by atoms with Gasteiger partial charge in [0.1, 0.15) is 24.7 Å². The van der Waals surface area contributed by atoms with Crippen LogP contribution in [0.3, 0.4) is 0 Å². The minimum absolute atomic E-state index is 0. The fourth-order valence-corrected chi connectivity index (χ4v) is 4.75. The lowest BCUT2D eigenvalue weighted by Crippen LogP contribution is -2.46. The Labute approximate surface area is 244 Å². The maximum Gasteiger partial charge on any atom is 0.573 e. The van der Waals surface area contributed by atoms with E-state index in [1.54, 1.807) is 42.5 Å². The first kappa shape index (κ1) is 31.6. The van der Waals surface area contributed by atoms with Crippen molar-refractivity contribution >= 4 is 5.69 Å². The number of aliphatic hydroxyl groups excluding tert-OH is 1. The number of hydrogen-bond acceptors (Lipinski definition) is 5. The normalized spacial score (nSPS) is 15.5. The molecule has 4 aromatic rings. The van der Waals surface area contributed by atoms with E-state index in [1.165, 1.54) is 23.1 Å². The molecule has 0 saturated heterocycles. The number of para-hydroxylation sites is 1. The Hall–Kier alpha value is -4.38. The van der Waals surface area contributed by atoms with Crippen LogP contribution in [-0.2, 0) is 6.61 Å². The van der Waals surface area contributed by atoms with Crippen LogP contribution in [0.1, 0.15) is 24.6 Å². The van der Waals surface area contributed by atoms with E-state index in [-0.39, 0.29) is 32.1 Å². The first-order chi connectivity index (χ1) is 20.0. The second-order valence-corrected chi connectivity index (χ2v) is 9.61. The molecule has 1 aliphatic heterocycles. The third-order valence-corrected chi connectivity index (χ3v) is 6.68. The SMILES string of the molecule is C.OC(CN1c2cccc(-c3cccc(OC(F)(F)F)c3)c2OCC1c1cccc(OCc2ccccc2)c1)C(F)(F)F. The Kier molecular flexibility index (Phi) is 9.44. The summed E-state index contributed by atoms with van der Waals surface area (Å²) in [7, 11) is 0. The van der Waals surface area contributed by atoms with Gasteiger partial charge in [-0.3, -0.25) is 0 Å². The average Bonchev–Trinajstić information content (AvgIpc) is 2.95. The van der Waals surface area contributed by atoms with Crippen LogP contribution in [0.4, 0.5) is 32.0 Å². The molecule has 0 bridgehead atoms. The number of alkyl halides is 6. The highest BCUT2D eigenvalue weighted by Gasteiger charge is 2.42. The number of anilines is 1. The van der Waals surface area contributed by atoms with Gasteiger partial charge in [-0.25, -0.2) is 0 Å². The quantitative estimate of drug-likeness (QED) is 0.205. The van der Waals surface area contributed by atoms with Gasteiger partial charge in [-0.2, -0.15) is 13.2 Å². The van der Waals surface area contributed by atoms with Crippen LogP contribution in [-0.4, -0.2) is 36.9 Å². The van der Waals surface area contributed by atoms with Crippen molar-refractivity contribution in [3.05, 3.63) is 108 Å². The zero-order valence-electron chi connectivity index (χ0n) is 21.9. The van der Waals surface area contributed by atoms with Crippen molar-refractivity contribution in [3.8, 4) is 28.4 Å². The van der Waals surface area contributed by atoms with E-state index >= 15 is 0 Å². The third kappa shape index (κ3) is 7.72. The highest BCUT2D eigenvalue weighted by atomic mass is 19.4. The molecule has 4 aromatic carbocycles. The standard InChI is InChI=1S/C31H25F6NO4.CH4/c32-30(33,34)28(39)17-38-26-14-6-13-25(21-9-4-12-24(15-21)42-31(35,36)37)29(26)41-19-27(38)22-10-5-11-23(16-22)40-18-20-7-2-1-3-8-20;/h1-16,27-28,39H,17-19H2;1H4. The number of halogens is 6. The molecule has 2 unspecified atom stereocenters. The lowest BCUT2D eigenvalue weighted by Gasteiger charge is -2.41. The van der Waals surface area contributed by atoms with Crippen LogP contribution in [0.5, 0.6) is 17.2 Å². The van der Waals surface area contributed by atoms with Gasteiger partial charge in [0.25, 0.3) is 0 Å². The van der Waals surface area contributed by atoms with E-state index in [0.29, 0.717) is 22.4 Å². The molecule has 228 valence electrons. The van der Waals surface area contributed by atoms with Crippen LogP contribution < -0.4 is 19.1 Å². The highest BCUT2D eigenvalue weighted by molar-refractivity contribution is 5.80. The van der Waals surface area contributed by atoms with E-state index in [4.69, 9.17) is 9.47 Å². The average molecular weight is 606 g/mol. The molecular formula is C32H29F6NO4. The van der Waals surface area contributed by atoms with Gasteiger partial charge in [0.15, 0.2) is 11.9 Å². The van der Waals surface area contributed by atoms with E-state index in [2.05, 4.69) is 4.74 Å². The first-order valence-electron chi connectivity index (χ1n) is 12.9. The van der Waals surface area contributed by atoms with Gasteiger partial charge in [0, 0.05) is 5.56 Å². The highest BCUT2D eigenvalue weighted by Crippen LogP contribution is 2.46. The van der Waals surface area contributed by atoms with Crippen molar-refractivity contribution in [1.82, 2.24) is 0 Å². The predicted molar refractivity (Wildman–Crippen MR) is 150 cm³/mol. The van der Waals surface area contributed by atoms with Crippen LogP contribution in [0.25, 0.3) is 11.1 Å². The van der Waals surface area contributed by atoms with Crippen molar-refractivity contribution < 1.29 is 45.7 Å². The Balaban J connectivity index is 0.00000423. The van der Waals surface area contributed by atoms with Crippen molar-refractivity contribution in [2.45, 2.75) is 38.7 Å². The van der Waals surface area contributed by atoms with Gasteiger partial charge < -0.3 is 24.2 Å². The number of hydrogen-bond donors (Lipinski definition) is 1. The maximum atomic E-state index is 13.5. The lowest BCUT2D eigenvalue weighted by molar-refractivity contribution is -0.274. The molecule has 1 N–H and O–H groups in total. The number of aliphatic hydroxyl groups is 1. The van der Waals surface area contributed by atoms with Crippen molar-refractivity contribution in [2.75, 3.05) is 18.1 Å². The number of nitrogens with zero attached hydrogens (tertiary/aromatic N) is 1. The van der Waals surface area contributed by atoms with Gasteiger partial charge in [0.2, 0.25) is 0 Å². The summed E-state index contributed by atoms with van der Waals surface area (Å²) in [5.74, 6) is 0.209. The molecule has 5 rings (SSSR count). The zero-order valence-corrected chi connectivity index (χ0v) is 21.9. The molecule has 0 aromatic heterocycles. The monoisotopic (exact) mass is 605 g/mol. The summed E-state index contributed by atoms with van der Waals surface area (Å²) in [6, 6.07) is 25.5. The molecular weight excluding hydrogens is 576 g/mol. The zero-order chi connectivity index (χ0) is 29.9. The van der Waals surface area contributed by atoms with Gasteiger partial charge in [-0.15, -0.1) is 13.2 Å². The Morgan fingerprint density at radius 3 is 2.26 bits per heavy atom. The lowest BCUT2D eigenvalue weighted by atomic mass is 9.98. The molecule has 0 fully saturated rings. The number of rotatable bonds is 8. The number of β-amino-alcohol motifs (C(OH)–C–C–N with tert-alkyl or cyclic N) is 1. The molecule has 1 heterocycles. The molecule has 2 atom stereocenters. The Morgan fingerprint density at radius 2 is 1.53 bits per heavy atom. The van der Waals surface area contributed by atoms with E-state index in [0.717, 1.165) is 11.6 Å². The van der Waals surface area contributed by atoms with Crippen LogP contribution in [0, 0.1) is 0 Å². The molecule has 5 nitrogen and oxygen atoms in total. The molecule has 43 heavy (non-hydrogen) atoms. The Bertz CT molecular complexity index is 1510. The Morgan fingerprint density at radius 1 is 0.837 bits per heavy atom. The second-order valence-electron chi connectivity index (χ2n) is 9.61. The van der Waals surface area contributed by atoms with Gasteiger partial charge in [-0.05, 0) is 47.0 Å². The van der Waals surface area contributed by atoms with Gasteiger partial charge >= 0.3 is 12.5 Å². The molecule has 11 heteroatoms. The van der Waals surface area contributed by atoms with Gasteiger partial charge in [-0.1, -0.05) is 74.2 Å². The molecule has 0 aliphatic carbocycles. The summed E-state index contributed by atoms with van der Waals surface area (Å²) < 4.78 is 95.0. The number of benzene rings is 4. The fourth-order valence-electron chi connectivity index (χ4n) is 4.75. The number of ether oxygens (including phenoxy) is 3. The molecule has 0 radical (unpaired) electrons. The summed E-state index contributed by atoms with van der Waals surface area (Å²) in [4.78, 5) is 1.40. The molecule has 0 saturated carbocycles. The van der Waals surface area contributed by atoms with Crippen molar-refractivity contribution in [1.29, 1.82) is 0 Å². The number of fused-ring (bicyclic) bond motifs is 1. The maximum absolute atomic E-state index is 13.5. The summed E-state index contributed by atoms with van der Waals surface area (Å²) in [6.45, 7) is -0.624. The van der Waals surface area contributed by atoms with Crippen LogP contribution in [0.15, 0.2) is 97.1 Å². The van der Waals surface area contributed by atoms with E-state index in [9.17, 15) is 31.4 Å². The topological polar surface area (TPSA) is 51.2 Å². The van der Waals surface area contributed by atoms with Crippen molar-refractivity contribution in [3.63, 3.8) is 0 Å². The van der Waals surface area contributed by atoms with E-state index < -0.39 is 37.0 Å². The predicted octanol–water partition coefficient (Wildman–Crippen LogP) is 8.33. The van der Waals surface area contributed by atoms with E-state index in [1.807, 2.05) is 30.3 Å². The smallest absolute Gasteiger partial charge is 0.489 e. The second kappa shape index (κ2) is 12.9. The molecule has 0 spiro atoms. The third-order valence-electron chi connectivity index (χ3n) is 6.68. The minimum atomic E-state index is -4.90. The van der Waals surface area contributed by atoms with Crippen LogP contribution >= 0.6 is 0 Å². The van der Waals surface area contributed by atoms with Crippen molar-refractivity contribution in [2.24, 2.45) is 0 Å². The minimum Gasteiger partial charge on any atom is -0.489 e. The summed E-state index contributed by atoms with van der Waals surface area (Å²) in [5, 5.41) is 10.1. The van der Waals surface area contributed by atoms with Gasteiger partial charge in [0.05, 0.1) is 18.3 Å². The largest absolute Gasteiger partial charge is 0.573 e. The fraction of sp³-hybridized carbons (Fsp3) is 0.250. The molecule has 0 amide bonds.